The zero-order valence-corrected chi connectivity index (χ0v) is 22.5. The minimum atomic E-state index is -2.88. The molecule has 33 heavy (non-hydrogen) atoms. The van der Waals surface area contributed by atoms with Crippen molar-refractivity contribution >= 4 is 23.9 Å². The molecule has 0 aromatic heterocycles. The summed E-state index contributed by atoms with van der Waals surface area (Å²) in [5.41, 5.74) is 6.00. The van der Waals surface area contributed by atoms with Gasteiger partial charge in [0, 0.05) is 6.42 Å². The zero-order valence-electron chi connectivity index (χ0n) is 19.5. The van der Waals surface area contributed by atoms with Gasteiger partial charge in [-0.05, 0) is 15.6 Å². The molecule has 171 valence electrons. The molecule has 3 aromatic rings. The molecule has 0 saturated carbocycles. The topological polar surface area (TPSA) is 59.6 Å². The van der Waals surface area contributed by atoms with E-state index < -0.39 is 8.32 Å². The molecule has 1 radical (unpaired) electrons. The molecule has 0 amide bonds. The van der Waals surface area contributed by atoms with E-state index in [-0.39, 0.29) is 26.5 Å². The van der Waals surface area contributed by atoms with Crippen LogP contribution in [0.15, 0.2) is 115 Å². The van der Waals surface area contributed by atoms with Crippen LogP contribution in [0.4, 0.5) is 0 Å². The van der Waals surface area contributed by atoms with Gasteiger partial charge < -0.3 is 22.2 Å². The van der Waals surface area contributed by atoms with E-state index in [1.54, 1.807) is 0 Å². The average molecular weight is 539 g/mol. The molecule has 0 spiro atoms. The first-order valence-electron chi connectivity index (χ1n) is 10.4. The van der Waals surface area contributed by atoms with Gasteiger partial charge in [0.25, 0.3) is 8.32 Å². The summed E-state index contributed by atoms with van der Waals surface area (Å²) in [6.07, 6.45) is 10.0. The third-order valence-corrected chi connectivity index (χ3v) is 7.64. The second-order valence-corrected chi connectivity index (χ2v) is 11.5. The van der Waals surface area contributed by atoms with Crippen LogP contribution in [0.25, 0.3) is 5.59 Å². The smallest absolute Gasteiger partial charge is 0.577 e. The summed E-state index contributed by atoms with van der Waals surface area (Å²) in [4.78, 5) is 18.8. The van der Waals surface area contributed by atoms with Crippen LogP contribution in [-0.2, 0) is 21.1 Å². The second kappa shape index (κ2) is 16.3. The van der Waals surface area contributed by atoms with Gasteiger partial charge in [-0.15, -0.1) is 0 Å². The fourth-order valence-corrected chi connectivity index (χ4v) is 5.88. The molecule has 0 atom stereocenters. The Morgan fingerprint density at radius 2 is 0.879 bits per heavy atom. The summed E-state index contributed by atoms with van der Waals surface area (Å²) in [6.45, 7) is 10.0. The Balaban J connectivity index is 0.000000655. The van der Waals surface area contributed by atoms with Crippen molar-refractivity contribution in [2.75, 3.05) is 0 Å². The summed E-state index contributed by atoms with van der Waals surface area (Å²) in [7, 11) is -2.88. The zero-order chi connectivity index (χ0) is 23.9. The summed E-state index contributed by atoms with van der Waals surface area (Å²) < 4.78 is 0. The Bertz CT molecular complexity index is 827. The molecule has 5 heteroatoms. The third-order valence-electron chi connectivity index (χ3n) is 4.13. The Hall–Kier alpha value is -2.39. The van der Waals surface area contributed by atoms with Gasteiger partial charge in [0.1, 0.15) is 0 Å². The van der Waals surface area contributed by atoms with Gasteiger partial charge in [-0.2, -0.15) is 5.41 Å². The number of rotatable bonds is 3. The molecule has 0 bridgehead atoms. The SMILES string of the molecule is O[Si](c1ccccc1)(c1ccccc1)c1ccccc1.[CH2-]C(C)(C)C.[CH]1C=CC=C1.[Mo+2].[N-]=O. The maximum atomic E-state index is 11.6. The standard InChI is InChI=1S/C18H16OSi.C5H5.C5H11.Mo.NO/c19-20(16-10-4-1-5-11-16,17-12-6-2-7-13-17)18-14-8-3-9-15-18;1-2-4-5-3-1;1-5(2,3)4;;1-2/h1-15,19H;1-5H;1H2,2-4H3;;/q;;-1;+2;-1. The number of nitrogens with zero attached hydrogens (tertiary/aromatic N) is 1. The van der Waals surface area contributed by atoms with Gasteiger partial charge >= 0.3 is 21.1 Å². The maximum absolute atomic E-state index is 11.6. The average Bonchev–Trinajstić information content (AvgIpc) is 3.41. The summed E-state index contributed by atoms with van der Waals surface area (Å²) in [6, 6.07) is 30.0. The minimum Gasteiger partial charge on any atom is -0.577 e. The largest absolute Gasteiger partial charge is 2.00 e. The minimum absolute atomic E-state index is 0. The Kier molecular flexibility index (Phi) is 15.1. The number of nitroso groups, excluding NO2 is 1. The van der Waals surface area contributed by atoms with Crippen molar-refractivity contribution in [2.24, 2.45) is 5.41 Å². The van der Waals surface area contributed by atoms with Crippen LogP contribution in [0.2, 0.25) is 0 Å². The van der Waals surface area contributed by atoms with E-state index in [1.165, 1.54) is 0 Å². The predicted octanol–water partition coefficient (Wildman–Crippen LogP) is 5.15. The Labute approximate surface area is 214 Å². The van der Waals surface area contributed by atoms with Crippen LogP contribution < -0.4 is 15.6 Å². The van der Waals surface area contributed by atoms with Crippen molar-refractivity contribution < 1.29 is 25.9 Å². The van der Waals surface area contributed by atoms with Gasteiger partial charge in [-0.25, -0.2) is 0 Å². The molecule has 3 nitrogen and oxygen atoms in total. The summed E-state index contributed by atoms with van der Waals surface area (Å²) in [5, 5.41) is 3.03. The molecule has 0 unspecified atom stereocenters. The molecule has 1 N–H and O–H groups in total. The van der Waals surface area contributed by atoms with E-state index in [0.29, 0.717) is 0 Å². The van der Waals surface area contributed by atoms with Gasteiger partial charge in [-0.1, -0.05) is 136 Å². The first-order chi connectivity index (χ1) is 15.3. The van der Waals surface area contributed by atoms with Crippen molar-refractivity contribution in [3.63, 3.8) is 0 Å². The fraction of sp³-hybridized carbons (Fsp3) is 0.143. The number of hydrogen-bond acceptors (Lipinski definition) is 2. The van der Waals surface area contributed by atoms with Crippen LogP contribution in [0.1, 0.15) is 20.8 Å². The fourth-order valence-electron chi connectivity index (χ4n) is 2.86. The van der Waals surface area contributed by atoms with Gasteiger partial charge in [-0.3, -0.25) is 0 Å². The quantitative estimate of drug-likeness (QED) is 0.285. The van der Waals surface area contributed by atoms with Gasteiger partial charge in [0.15, 0.2) is 0 Å². The van der Waals surface area contributed by atoms with E-state index in [2.05, 4.69) is 27.7 Å². The van der Waals surface area contributed by atoms with Gasteiger partial charge in [0.2, 0.25) is 0 Å². The van der Waals surface area contributed by atoms with Crippen LogP contribution in [-0.4, -0.2) is 13.1 Å². The Morgan fingerprint density at radius 1 is 0.636 bits per heavy atom. The van der Waals surface area contributed by atoms with Crippen molar-refractivity contribution in [1.82, 2.24) is 0 Å². The number of benzene rings is 3. The molecule has 4 rings (SSSR count). The summed E-state index contributed by atoms with van der Waals surface area (Å²) >= 11 is 0. The van der Waals surface area contributed by atoms with Crippen LogP contribution in [0, 0.1) is 23.7 Å². The van der Waals surface area contributed by atoms with Crippen molar-refractivity contribution in [3.8, 4) is 0 Å². The summed E-state index contributed by atoms with van der Waals surface area (Å²) in [5.74, 6) is 0. The van der Waals surface area contributed by atoms with E-state index in [1.807, 2.05) is 122 Å². The molecule has 1 aliphatic carbocycles. The molecule has 3 aromatic carbocycles. The van der Waals surface area contributed by atoms with E-state index in [0.717, 1.165) is 15.6 Å². The van der Waals surface area contributed by atoms with Crippen LogP contribution in [0.5, 0.6) is 0 Å². The van der Waals surface area contributed by atoms with E-state index in [9.17, 15) is 4.80 Å². The molecular formula is C28H32MoNO2Si. The third kappa shape index (κ3) is 11.3. The van der Waals surface area contributed by atoms with Crippen molar-refractivity contribution in [3.05, 3.63) is 139 Å². The van der Waals surface area contributed by atoms with E-state index >= 15 is 0 Å². The maximum Gasteiger partial charge on any atom is 2.00 e. The van der Waals surface area contributed by atoms with E-state index in [4.69, 9.17) is 10.5 Å². The molecule has 1 aliphatic rings. The second-order valence-electron chi connectivity index (χ2n) is 8.33. The first-order valence-corrected chi connectivity index (χ1v) is 12.4. The molecule has 0 heterocycles. The number of allylic oxidation sites excluding steroid dienone is 4. The molecular weight excluding hydrogens is 506 g/mol. The first kappa shape index (κ1) is 30.6. The monoisotopic (exact) mass is 540 g/mol. The molecule has 0 aliphatic heterocycles. The van der Waals surface area contributed by atoms with Gasteiger partial charge in [0.05, 0.1) is 0 Å². The van der Waals surface area contributed by atoms with Crippen LogP contribution >= 0.6 is 0 Å². The molecule has 0 saturated heterocycles. The van der Waals surface area contributed by atoms with Crippen molar-refractivity contribution in [2.45, 2.75) is 20.8 Å². The normalized spacial score (nSPS) is 11.4. The molecule has 0 fully saturated rings. The Morgan fingerprint density at radius 3 is 1.06 bits per heavy atom. The van der Waals surface area contributed by atoms with Crippen LogP contribution in [0.3, 0.4) is 0 Å². The predicted molar refractivity (Wildman–Crippen MR) is 140 cm³/mol. The van der Waals surface area contributed by atoms with Crippen molar-refractivity contribution in [1.29, 1.82) is 0 Å². The number of hydrogen-bond donors (Lipinski definition) is 1.